The predicted octanol–water partition coefficient (Wildman–Crippen LogP) is 1.47. The number of aliphatic hydroxyl groups is 1. The van der Waals surface area contributed by atoms with E-state index in [4.69, 9.17) is 0 Å². The second-order valence-corrected chi connectivity index (χ2v) is 5.30. The van der Waals surface area contributed by atoms with E-state index in [0.29, 0.717) is 18.7 Å². The fourth-order valence-electron chi connectivity index (χ4n) is 2.64. The average Bonchev–Trinajstić information content (AvgIpc) is 2.96. The minimum Gasteiger partial charge on any atom is -0.393 e. The summed E-state index contributed by atoms with van der Waals surface area (Å²) in [5, 5.41) is 9.61. The molecule has 1 aromatic carbocycles. The Morgan fingerprint density at radius 3 is 2.80 bits per heavy atom. The first-order chi connectivity index (χ1) is 9.65. The molecule has 1 fully saturated rings. The van der Waals surface area contributed by atoms with Crippen LogP contribution in [-0.4, -0.2) is 45.1 Å². The van der Waals surface area contributed by atoms with E-state index < -0.39 is 0 Å². The normalized spacial score (nSPS) is 20.3. The van der Waals surface area contributed by atoms with E-state index in [1.807, 2.05) is 6.07 Å². The largest absolute Gasteiger partial charge is 0.393 e. The molecule has 1 aromatic heterocycles. The number of benzene rings is 1. The first-order valence-corrected chi connectivity index (χ1v) is 6.83. The molecule has 2 unspecified atom stereocenters. The Balaban J connectivity index is 1.82. The molecule has 1 N–H and O–H groups in total. The zero-order chi connectivity index (χ0) is 14.1. The van der Waals surface area contributed by atoms with Crippen LogP contribution in [0.1, 0.15) is 23.7 Å². The van der Waals surface area contributed by atoms with E-state index in [1.54, 1.807) is 36.4 Å². The van der Waals surface area contributed by atoms with Crippen LogP contribution in [0.3, 0.4) is 0 Å². The number of carbonyl (C=O) groups excluding carboxylic acids is 1. The van der Waals surface area contributed by atoms with Gasteiger partial charge in [0.15, 0.2) is 0 Å². The van der Waals surface area contributed by atoms with Crippen LogP contribution >= 0.6 is 0 Å². The molecule has 3 rings (SSSR count). The molecule has 1 saturated heterocycles. The van der Waals surface area contributed by atoms with Crippen LogP contribution in [0.2, 0.25) is 0 Å². The first-order valence-electron chi connectivity index (χ1n) is 6.83. The Bertz CT molecular complexity index is 642. The molecule has 104 valence electrons. The molecule has 5 heteroatoms. The summed E-state index contributed by atoms with van der Waals surface area (Å²) in [6, 6.07) is 5.38. The van der Waals surface area contributed by atoms with Crippen LogP contribution in [0.15, 0.2) is 30.6 Å². The molecule has 20 heavy (non-hydrogen) atoms. The Hall–Kier alpha value is -2.01. The van der Waals surface area contributed by atoms with E-state index in [9.17, 15) is 9.90 Å². The molecule has 1 aliphatic rings. The molecule has 2 aromatic rings. The van der Waals surface area contributed by atoms with Gasteiger partial charge in [0.1, 0.15) is 0 Å². The van der Waals surface area contributed by atoms with Gasteiger partial charge in [-0.3, -0.25) is 14.8 Å². The summed E-state index contributed by atoms with van der Waals surface area (Å²) in [5.41, 5.74) is 2.14. The number of hydrogen-bond donors (Lipinski definition) is 1. The molecule has 1 aliphatic heterocycles. The Kier molecular flexibility index (Phi) is 3.36. The highest BCUT2D eigenvalue weighted by molar-refractivity contribution is 5.97. The predicted molar refractivity (Wildman–Crippen MR) is 75.2 cm³/mol. The van der Waals surface area contributed by atoms with Gasteiger partial charge in [-0.1, -0.05) is 0 Å². The molecule has 0 radical (unpaired) electrons. The van der Waals surface area contributed by atoms with Crippen LogP contribution in [0.25, 0.3) is 11.0 Å². The van der Waals surface area contributed by atoms with E-state index in [0.717, 1.165) is 17.5 Å². The minimum absolute atomic E-state index is 0.000651. The van der Waals surface area contributed by atoms with Crippen LogP contribution in [0.5, 0.6) is 0 Å². The molecule has 2 heterocycles. The zero-order valence-corrected chi connectivity index (χ0v) is 11.4. The Morgan fingerprint density at radius 2 is 2.10 bits per heavy atom. The quantitative estimate of drug-likeness (QED) is 0.898. The lowest BCUT2D eigenvalue weighted by Crippen LogP contribution is -2.30. The van der Waals surface area contributed by atoms with Gasteiger partial charge < -0.3 is 10.0 Å². The molecule has 0 spiro atoms. The third kappa shape index (κ3) is 2.36. The second kappa shape index (κ2) is 5.17. The highest BCUT2D eigenvalue weighted by atomic mass is 16.3. The number of hydrogen-bond acceptors (Lipinski definition) is 4. The summed E-state index contributed by atoms with van der Waals surface area (Å²) in [5.74, 6) is 0.180. The summed E-state index contributed by atoms with van der Waals surface area (Å²) in [4.78, 5) is 22.7. The van der Waals surface area contributed by atoms with E-state index >= 15 is 0 Å². The van der Waals surface area contributed by atoms with Gasteiger partial charge in [-0.25, -0.2) is 0 Å². The number of likely N-dealkylation sites (tertiary alicyclic amines) is 1. The lowest BCUT2D eigenvalue weighted by atomic mass is 10.0. The topological polar surface area (TPSA) is 66.3 Å². The maximum absolute atomic E-state index is 12.5. The minimum atomic E-state index is -0.365. The van der Waals surface area contributed by atoms with Crippen LogP contribution in [0, 0.1) is 5.92 Å². The van der Waals surface area contributed by atoms with E-state index in [2.05, 4.69) is 9.97 Å². The van der Waals surface area contributed by atoms with E-state index in [1.165, 1.54) is 0 Å². The fraction of sp³-hybridized carbons (Fsp3) is 0.400. The average molecular weight is 271 g/mol. The fourth-order valence-corrected chi connectivity index (χ4v) is 2.64. The molecule has 1 amide bonds. The van der Waals surface area contributed by atoms with Crippen molar-refractivity contribution in [1.82, 2.24) is 14.9 Å². The maximum Gasteiger partial charge on any atom is 0.253 e. The van der Waals surface area contributed by atoms with Crippen molar-refractivity contribution >= 4 is 16.9 Å². The van der Waals surface area contributed by atoms with Crippen molar-refractivity contribution in [2.45, 2.75) is 19.4 Å². The Morgan fingerprint density at radius 1 is 1.35 bits per heavy atom. The van der Waals surface area contributed by atoms with Gasteiger partial charge in [0, 0.05) is 37.0 Å². The van der Waals surface area contributed by atoms with Gasteiger partial charge in [0.2, 0.25) is 0 Å². The smallest absolute Gasteiger partial charge is 0.253 e. The van der Waals surface area contributed by atoms with Crippen molar-refractivity contribution in [2.24, 2.45) is 5.92 Å². The zero-order valence-electron chi connectivity index (χ0n) is 11.4. The third-order valence-corrected chi connectivity index (χ3v) is 3.91. The monoisotopic (exact) mass is 271 g/mol. The molecule has 0 saturated carbocycles. The van der Waals surface area contributed by atoms with Gasteiger partial charge in [0.25, 0.3) is 5.91 Å². The number of aromatic nitrogens is 2. The first kappa shape index (κ1) is 13.0. The summed E-state index contributed by atoms with van der Waals surface area (Å²) in [7, 11) is 0. The SMILES string of the molecule is CC(O)C1CCN(C(=O)c2ccc3nccnc3c2)C1. The van der Waals surface area contributed by atoms with Gasteiger partial charge >= 0.3 is 0 Å². The number of amides is 1. The molecule has 5 nitrogen and oxygen atoms in total. The lowest BCUT2D eigenvalue weighted by Gasteiger charge is -2.17. The summed E-state index contributed by atoms with van der Waals surface area (Å²) in [6.45, 7) is 3.10. The van der Waals surface area contributed by atoms with Gasteiger partial charge in [-0.15, -0.1) is 0 Å². The Labute approximate surface area is 117 Å². The highest BCUT2D eigenvalue weighted by Crippen LogP contribution is 2.22. The number of rotatable bonds is 2. The highest BCUT2D eigenvalue weighted by Gasteiger charge is 2.29. The van der Waals surface area contributed by atoms with Crippen molar-refractivity contribution < 1.29 is 9.90 Å². The van der Waals surface area contributed by atoms with E-state index in [-0.39, 0.29) is 17.9 Å². The van der Waals surface area contributed by atoms with Crippen LogP contribution in [-0.2, 0) is 0 Å². The number of aliphatic hydroxyl groups excluding tert-OH is 1. The van der Waals surface area contributed by atoms with Crippen LogP contribution < -0.4 is 0 Å². The lowest BCUT2D eigenvalue weighted by molar-refractivity contribution is 0.0762. The van der Waals surface area contributed by atoms with Gasteiger partial charge in [0.05, 0.1) is 17.1 Å². The molecular weight excluding hydrogens is 254 g/mol. The molecular formula is C15H17N3O2. The molecule has 0 bridgehead atoms. The number of fused-ring (bicyclic) bond motifs is 1. The van der Waals surface area contributed by atoms with Gasteiger partial charge in [-0.2, -0.15) is 0 Å². The summed E-state index contributed by atoms with van der Waals surface area (Å²) in [6.07, 6.45) is 3.75. The van der Waals surface area contributed by atoms with Crippen molar-refractivity contribution in [3.63, 3.8) is 0 Å². The van der Waals surface area contributed by atoms with Crippen molar-refractivity contribution in [3.8, 4) is 0 Å². The van der Waals surface area contributed by atoms with Crippen molar-refractivity contribution in [3.05, 3.63) is 36.2 Å². The summed E-state index contributed by atoms with van der Waals surface area (Å²) >= 11 is 0. The van der Waals surface area contributed by atoms with Crippen LogP contribution in [0.4, 0.5) is 0 Å². The third-order valence-electron chi connectivity index (χ3n) is 3.91. The molecule has 0 aliphatic carbocycles. The molecule has 2 atom stereocenters. The maximum atomic E-state index is 12.5. The van der Waals surface area contributed by atoms with Crippen molar-refractivity contribution in [1.29, 1.82) is 0 Å². The van der Waals surface area contributed by atoms with Gasteiger partial charge in [-0.05, 0) is 31.5 Å². The number of nitrogens with zero attached hydrogens (tertiary/aromatic N) is 3. The van der Waals surface area contributed by atoms with Crippen molar-refractivity contribution in [2.75, 3.05) is 13.1 Å². The standard InChI is InChI=1S/C15H17N3O2/c1-10(19)12-4-7-18(9-12)15(20)11-2-3-13-14(8-11)17-6-5-16-13/h2-3,5-6,8,10,12,19H,4,7,9H2,1H3. The second-order valence-electron chi connectivity index (χ2n) is 5.30. The number of carbonyl (C=O) groups is 1. The summed E-state index contributed by atoms with van der Waals surface area (Å²) < 4.78 is 0.